The number of fused-ring (bicyclic) bond motifs is 2. The summed E-state index contributed by atoms with van der Waals surface area (Å²) in [6.45, 7) is 6.41. The number of carbonyl (C=O) groups is 2. The molecule has 1 aliphatic carbocycles. The highest BCUT2D eigenvalue weighted by Gasteiger charge is 2.37. The van der Waals surface area contributed by atoms with Crippen molar-refractivity contribution in [3.05, 3.63) is 46.5 Å². The summed E-state index contributed by atoms with van der Waals surface area (Å²) in [4.78, 5) is 36.2. The Hall–Kier alpha value is -3.68. The van der Waals surface area contributed by atoms with E-state index in [0.717, 1.165) is 25.7 Å². The van der Waals surface area contributed by atoms with Crippen molar-refractivity contribution in [2.75, 3.05) is 36.8 Å². The number of rotatable bonds is 18. The van der Waals surface area contributed by atoms with E-state index < -0.39 is 11.6 Å². The number of nitrogens with one attached hydrogen (secondary N) is 2. The van der Waals surface area contributed by atoms with Gasteiger partial charge in [-0.3, -0.25) is 19.6 Å². The number of anilines is 2. The zero-order valence-electron chi connectivity index (χ0n) is 24.0. The molecule has 0 fully saturated rings. The minimum Gasteiger partial charge on any atom is -0.507 e. The first-order valence-electron chi connectivity index (χ1n) is 14.8. The largest absolute Gasteiger partial charge is 0.507 e. The van der Waals surface area contributed by atoms with Crippen LogP contribution < -0.4 is 10.6 Å². The van der Waals surface area contributed by atoms with Gasteiger partial charge in [-0.15, -0.1) is 0 Å². The fraction of sp³-hybridized carbons (Fsp3) is 0.500. The van der Waals surface area contributed by atoms with Gasteiger partial charge in [0.15, 0.2) is 0 Å². The minimum absolute atomic E-state index is 0.171. The Morgan fingerprint density at radius 3 is 1.45 bits per heavy atom. The van der Waals surface area contributed by atoms with Crippen molar-refractivity contribution < 1.29 is 19.8 Å². The molecule has 40 heavy (non-hydrogen) atoms. The third kappa shape index (κ3) is 8.16. The van der Waals surface area contributed by atoms with Crippen LogP contribution in [-0.4, -0.2) is 60.4 Å². The lowest BCUT2D eigenvalue weighted by Gasteiger charge is -2.24. The van der Waals surface area contributed by atoms with Gasteiger partial charge in [-0.2, -0.15) is 0 Å². The second-order valence-corrected chi connectivity index (χ2v) is 10.2. The van der Waals surface area contributed by atoms with Gasteiger partial charge in [-0.1, -0.05) is 52.4 Å². The normalized spacial score (nSPS) is 12.8. The highest BCUT2D eigenvalue weighted by molar-refractivity contribution is 6.33. The molecule has 216 valence electrons. The molecule has 2 aromatic carbocycles. The Bertz CT molecular complexity index is 1110. The van der Waals surface area contributed by atoms with Gasteiger partial charge in [-0.25, -0.2) is 0 Å². The lowest BCUT2D eigenvalue weighted by Crippen LogP contribution is -2.25. The maximum atomic E-state index is 13.6. The van der Waals surface area contributed by atoms with E-state index in [0.29, 0.717) is 37.6 Å². The minimum atomic E-state index is -0.506. The van der Waals surface area contributed by atoms with Crippen LogP contribution in [0.3, 0.4) is 0 Å². The molecule has 0 saturated heterocycles. The topological polar surface area (TPSA) is 123 Å². The monoisotopic (exact) mass is 548 g/mol. The van der Waals surface area contributed by atoms with Gasteiger partial charge < -0.3 is 20.8 Å². The number of benzene rings is 2. The number of phenolic OH excluding ortho intramolecular Hbond substituents is 2. The van der Waals surface area contributed by atoms with E-state index in [1.165, 1.54) is 50.7 Å². The van der Waals surface area contributed by atoms with Crippen LogP contribution >= 0.6 is 0 Å². The zero-order valence-corrected chi connectivity index (χ0v) is 24.0. The fourth-order valence-electron chi connectivity index (χ4n) is 4.86. The predicted octanol–water partition coefficient (Wildman–Crippen LogP) is 6.78. The molecule has 0 atom stereocenters. The summed E-state index contributed by atoms with van der Waals surface area (Å²) in [6, 6.07) is 6.00. The molecule has 0 unspecified atom stereocenters. The number of nitrogens with zero attached hydrogens (tertiary/aromatic N) is 2. The van der Waals surface area contributed by atoms with Crippen molar-refractivity contribution in [2.24, 2.45) is 9.98 Å². The first-order valence-corrected chi connectivity index (χ1v) is 14.8. The number of aliphatic imine (C=N–C) groups is 2. The zero-order chi connectivity index (χ0) is 28.7. The summed E-state index contributed by atoms with van der Waals surface area (Å²) in [5.74, 6) is -1.67. The third-order valence-electron chi connectivity index (χ3n) is 7.02. The molecular formula is C32H44N4O4. The van der Waals surface area contributed by atoms with Gasteiger partial charge in [0.05, 0.1) is 35.3 Å². The van der Waals surface area contributed by atoms with Crippen LogP contribution in [0.5, 0.6) is 11.5 Å². The van der Waals surface area contributed by atoms with Gasteiger partial charge in [0.1, 0.15) is 11.5 Å². The summed E-state index contributed by atoms with van der Waals surface area (Å²) < 4.78 is 0. The maximum Gasteiger partial charge on any atom is 0.200 e. The molecule has 0 saturated carbocycles. The van der Waals surface area contributed by atoms with E-state index in [1.807, 2.05) is 12.4 Å². The average molecular weight is 549 g/mol. The summed E-state index contributed by atoms with van der Waals surface area (Å²) >= 11 is 0. The van der Waals surface area contributed by atoms with E-state index >= 15 is 0 Å². The van der Waals surface area contributed by atoms with E-state index in [4.69, 9.17) is 0 Å². The Morgan fingerprint density at radius 1 is 0.625 bits per heavy atom. The Balaban J connectivity index is 1.74. The number of aromatic hydroxyl groups is 2. The molecule has 0 heterocycles. The standard InChI is InChI=1S/C32H44N4O4/c1-3-5-7-9-11-17-33-19-21-35-23-13-14-24(36-22-20-34-18-12-10-8-6-4-2)28-27(23)31(39)29-25(37)15-16-26(38)30(29)32(28)40/h13-18,35-38H,3-12,19-22H2,1-2H3/b33-17+,34-18+. The molecule has 3 rings (SSSR count). The van der Waals surface area contributed by atoms with E-state index in [2.05, 4.69) is 34.5 Å². The third-order valence-corrected chi connectivity index (χ3v) is 7.02. The number of hydrogen-bond acceptors (Lipinski definition) is 8. The number of phenols is 2. The summed E-state index contributed by atoms with van der Waals surface area (Å²) in [5.41, 5.74) is 1.02. The lowest BCUT2D eigenvalue weighted by molar-refractivity contribution is 0.0975. The Kier molecular flexibility index (Phi) is 12.7. The van der Waals surface area contributed by atoms with Gasteiger partial charge >= 0.3 is 0 Å². The molecular weight excluding hydrogens is 504 g/mol. The lowest BCUT2D eigenvalue weighted by atomic mass is 9.81. The molecule has 4 N–H and O–H groups in total. The highest BCUT2D eigenvalue weighted by Crippen LogP contribution is 2.42. The smallest absolute Gasteiger partial charge is 0.200 e. The maximum absolute atomic E-state index is 13.6. The van der Waals surface area contributed by atoms with Crippen molar-refractivity contribution in [3.8, 4) is 11.5 Å². The van der Waals surface area contributed by atoms with E-state index in [1.54, 1.807) is 12.1 Å². The summed E-state index contributed by atoms with van der Waals surface area (Å²) in [5, 5.41) is 27.4. The predicted molar refractivity (Wildman–Crippen MR) is 164 cm³/mol. The molecule has 0 bridgehead atoms. The van der Waals surface area contributed by atoms with Crippen LogP contribution in [-0.2, 0) is 0 Å². The van der Waals surface area contributed by atoms with Gasteiger partial charge in [0.25, 0.3) is 0 Å². The van der Waals surface area contributed by atoms with Crippen molar-refractivity contribution in [2.45, 2.75) is 78.1 Å². The second-order valence-electron chi connectivity index (χ2n) is 10.2. The Morgan fingerprint density at radius 2 is 1.05 bits per heavy atom. The number of hydrogen-bond donors (Lipinski definition) is 4. The number of unbranched alkanes of at least 4 members (excludes halogenated alkanes) is 8. The van der Waals surface area contributed by atoms with Crippen LogP contribution in [0.15, 0.2) is 34.3 Å². The van der Waals surface area contributed by atoms with Gasteiger partial charge in [-0.05, 0) is 62.4 Å². The second kappa shape index (κ2) is 16.4. The highest BCUT2D eigenvalue weighted by atomic mass is 16.3. The first kappa shape index (κ1) is 30.9. The van der Waals surface area contributed by atoms with Crippen molar-refractivity contribution >= 4 is 35.4 Å². The summed E-state index contributed by atoms with van der Waals surface area (Å²) in [7, 11) is 0. The first-order chi connectivity index (χ1) is 19.5. The number of ketones is 2. The van der Waals surface area contributed by atoms with Gasteiger partial charge in [0, 0.05) is 24.5 Å². The molecule has 8 heteroatoms. The van der Waals surface area contributed by atoms with E-state index in [-0.39, 0.29) is 33.8 Å². The SMILES string of the molecule is CCCCCC/C=N/CCNc1ccc(NCC/N=C/CCCCCC)c2c1C(=O)c1c(O)ccc(O)c1C2=O. The molecule has 1 aliphatic rings. The Labute approximate surface area is 238 Å². The van der Waals surface area contributed by atoms with Crippen LogP contribution in [0.25, 0.3) is 0 Å². The van der Waals surface area contributed by atoms with Gasteiger partial charge in [0.2, 0.25) is 11.6 Å². The quantitative estimate of drug-likeness (QED) is 0.0789. The number of carbonyl (C=O) groups excluding carboxylic acids is 2. The molecule has 0 aromatic heterocycles. The molecule has 0 aliphatic heterocycles. The molecule has 0 amide bonds. The van der Waals surface area contributed by atoms with Crippen LogP contribution in [0, 0.1) is 0 Å². The van der Waals surface area contributed by atoms with Crippen molar-refractivity contribution in [1.82, 2.24) is 0 Å². The molecule has 2 aromatic rings. The van der Waals surface area contributed by atoms with Crippen LogP contribution in [0.1, 0.15) is 110 Å². The molecule has 0 radical (unpaired) electrons. The van der Waals surface area contributed by atoms with Crippen LogP contribution in [0.4, 0.5) is 11.4 Å². The average Bonchev–Trinajstić information content (AvgIpc) is 2.95. The van der Waals surface area contributed by atoms with Crippen molar-refractivity contribution in [1.29, 1.82) is 0 Å². The van der Waals surface area contributed by atoms with Crippen molar-refractivity contribution in [3.63, 3.8) is 0 Å². The molecule has 0 spiro atoms. The summed E-state index contributed by atoms with van der Waals surface area (Å²) in [6.07, 6.45) is 15.3. The van der Waals surface area contributed by atoms with E-state index in [9.17, 15) is 19.8 Å². The molecule has 8 nitrogen and oxygen atoms in total. The van der Waals surface area contributed by atoms with Crippen LogP contribution in [0.2, 0.25) is 0 Å². The fourth-order valence-corrected chi connectivity index (χ4v) is 4.86.